The molecular weight excluding hydrogens is 364 g/mol. The molecule has 0 radical (unpaired) electrons. The fourth-order valence-corrected chi connectivity index (χ4v) is 3.38. The largest absolute Gasteiger partial charge is 0.480 e. The maximum Gasteiger partial charge on any atom is 0.323 e. The molecule has 0 saturated carbocycles. The Balaban J connectivity index is 2.03. The highest BCUT2D eigenvalue weighted by molar-refractivity contribution is 7.13. The Bertz CT molecular complexity index is 920. The number of benzene rings is 1. The van der Waals surface area contributed by atoms with Gasteiger partial charge >= 0.3 is 5.97 Å². The van der Waals surface area contributed by atoms with Gasteiger partial charge in [0.2, 0.25) is 5.82 Å². The van der Waals surface area contributed by atoms with E-state index in [4.69, 9.17) is 5.11 Å². The number of thiophene rings is 1. The molecule has 0 aliphatic rings. The highest BCUT2D eigenvalue weighted by Gasteiger charge is 2.25. The van der Waals surface area contributed by atoms with Crippen LogP contribution in [0.5, 0.6) is 0 Å². The summed E-state index contributed by atoms with van der Waals surface area (Å²) >= 11 is 1.50. The van der Waals surface area contributed by atoms with Crippen molar-refractivity contribution < 1.29 is 14.7 Å². The summed E-state index contributed by atoms with van der Waals surface area (Å²) in [7, 11) is 0. The van der Waals surface area contributed by atoms with Crippen LogP contribution in [-0.4, -0.2) is 49.7 Å². The van der Waals surface area contributed by atoms with Crippen LogP contribution >= 0.6 is 11.3 Å². The lowest BCUT2D eigenvalue weighted by molar-refractivity contribution is -0.137. The van der Waals surface area contributed by atoms with E-state index in [2.05, 4.69) is 10.1 Å². The van der Waals surface area contributed by atoms with Gasteiger partial charge in [0.15, 0.2) is 5.82 Å². The van der Waals surface area contributed by atoms with Crippen LogP contribution in [0, 0.1) is 5.92 Å². The Morgan fingerprint density at radius 2 is 1.93 bits per heavy atom. The van der Waals surface area contributed by atoms with Gasteiger partial charge in [0.05, 0.1) is 10.6 Å². The zero-order chi connectivity index (χ0) is 19.4. The minimum Gasteiger partial charge on any atom is -0.480 e. The van der Waals surface area contributed by atoms with Crippen LogP contribution in [0.15, 0.2) is 47.8 Å². The number of aliphatic carboxylic acids is 1. The van der Waals surface area contributed by atoms with Gasteiger partial charge in [-0.1, -0.05) is 38.1 Å². The average molecular weight is 384 g/mol. The van der Waals surface area contributed by atoms with E-state index in [9.17, 15) is 9.59 Å². The molecule has 7 nitrogen and oxygen atoms in total. The molecule has 0 aliphatic heterocycles. The predicted octanol–water partition coefficient (Wildman–Crippen LogP) is 3.18. The van der Waals surface area contributed by atoms with Crippen LogP contribution in [0.25, 0.3) is 16.4 Å². The second-order valence-electron chi connectivity index (χ2n) is 6.46. The highest BCUT2D eigenvalue weighted by atomic mass is 32.1. The summed E-state index contributed by atoms with van der Waals surface area (Å²) in [4.78, 5) is 30.7. The van der Waals surface area contributed by atoms with E-state index in [0.29, 0.717) is 12.4 Å². The second-order valence-corrected chi connectivity index (χ2v) is 7.40. The molecule has 27 heavy (non-hydrogen) atoms. The van der Waals surface area contributed by atoms with E-state index >= 15 is 0 Å². The quantitative estimate of drug-likeness (QED) is 0.676. The first-order chi connectivity index (χ1) is 13.0. The first-order valence-corrected chi connectivity index (χ1v) is 9.41. The van der Waals surface area contributed by atoms with E-state index in [1.54, 1.807) is 4.68 Å². The lowest BCUT2D eigenvalue weighted by atomic mass is 10.2. The summed E-state index contributed by atoms with van der Waals surface area (Å²) in [6, 6.07) is 13.2. The summed E-state index contributed by atoms with van der Waals surface area (Å²) in [6.07, 6.45) is 0. The first kappa shape index (κ1) is 18.8. The number of carbonyl (C=O) groups excluding carboxylic acids is 1. The minimum atomic E-state index is -1.06. The summed E-state index contributed by atoms with van der Waals surface area (Å²) in [5.41, 5.74) is 0.779. The number of amides is 1. The molecule has 0 atom stereocenters. The fraction of sp³-hybridized carbons (Fsp3) is 0.263. The van der Waals surface area contributed by atoms with Crippen LogP contribution in [0.4, 0.5) is 0 Å². The molecule has 8 heteroatoms. The van der Waals surface area contributed by atoms with Crippen LogP contribution in [-0.2, 0) is 4.79 Å². The van der Waals surface area contributed by atoms with Gasteiger partial charge in [-0.2, -0.15) is 0 Å². The number of carboxylic acid groups (broad SMARTS) is 1. The molecule has 1 aromatic carbocycles. The molecule has 0 spiro atoms. The van der Waals surface area contributed by atoms with Gasteiger partial charge in [0, 0.05) is 6.54 Å². The Morgan fingerprint density at radius 1 is 1.19 bits per heavy atom. The molecule has 3 rings (SSSR count). The predicted molar refractivity (Wildman–Crippen MR) is 103 cm³/mol. The molecule has 0 saturated heterocycles. The highest BCUT2D eigenvalue weighted by Crippen LogP contribution is 2.25. The van der Waals surface area contributed by atoms with Crippen molar-refractivity contribution in [2.75, 3.05) is 13.1 Å². The van der Waals surface area contributed by atoms with Crippen LogP contribution < -0.4 is 0 Å². The smallest absolute Gasteiger partial charge is 0.323 e. The van der Waals surface area contributed by atoms with E-state index in [-0.39, 0.29) is 18.3 Å². The standard InChI is InChI=1S/C19H20N4O3S/c1-13(2)11-22(12-16(24)25)19(26)17-20-18(15-9-6-10-27-15)23(21-17)14-7-4-3-5-8-14/h3-10,13H,11-12H2,1-2H3,(H,24,25). The molecule has 1 amide bonds. The molecule has 2 heterocycles. The maximum atomic E-state index is 12.9. The van der Waals surface area contributed by atoms with Crippen molar-refractivity contribution in [3.05, 3.63) is 53.7 Å². The van der Waals surface area contributed by atoms with Crippen molar-refractivity contribution >= 4 is 23.2 Å². The number of rotatable bonds is 7. The number of hydrogen-bond acceptors (Lipinski definition) is 5. The molecule has 0 bridgehead atoms. The lowest BCUT2D eigenvalue weighted by Gasteiger charge is -2.21. The van der Waals surface area contributed by atoms with E-state index < -0.39 is 11.9 Å². The number of nitrogens with zero attached hydrogens (tertiary/aromatic N) is 4. The van der Waals surface area contributed by atoms with E-state index in [1.807, 2.05) is 61.7 Å². The van der Waals surface area contributed by atoms with Gasteiger partial charge < -0.3 is 10.0 Å². The summed E-state index contributed by atoms with van der Waals surface area (Å²) in [5.74, 6) is -0.881. The lowest BCUT2D eigenvalue weighted by Crippen LogP contribution is -2.38. The van der Waals surface area contributed by atoms with Crippen molar-refractivity contribution in [2.45, 2.75) is 13.8 Å². The van der Waals surface area contributed by atoms with Crippen LogP contribution in [0.2, 0.25) is 0 Å². The topological polar surface area (TPSA) is 88.3 Å². The molecular formula is C19H20N4O3S. The minimum absolute atomic E-state index is 0.0100. The number of para-hydroxylation sites is 1. The van der Waals surface area contributed by atoms with Gasteiger partial charge in [-0.3, -0.25) is 9.59 Å². The zero-order valence-corrected chi connectivity index (χ0v) is 15.9. The Kier molecular flexibility index (Phi) is 5.66. The zero-order valence-electron chi connectivity index (χ0n) is 15.1. The van der Waals surface area contributed by atoms with Gasteiger partial charge in [0.1, 0.15) is 6.54 Å². The average Bonchev–Trinajstić information content (AvgIpc) is 3.30. The van der Waals surface area contributed by atoms with Gasteiger partial charge in [-0.15, -0.1) is 16.4 Å². The van der Waals surface area contributed by atoms with Gasteiger partial charge in [0.25, 0.3) is 5.91 Å². The van der Waals surface area contributed by atoms with Gasteiger partial charge in [-0.05, 0) is 29.5 Å². The summed E-state index contributed by atoms with van der Waals surface area (Å²) < 4.78 is 1.62. The normalized spacial score (nSPS) is 10.9. The molecule has 140 valence electrons. The molecule has 0 unspecified atom stereocenters. The van der Waals surface area contributed by atoms with Crippen molar-refractivity contribution in [3.8, 4) is 16.4 Å². The molecule has 0 fully saturated rings. The van der Waals surface area contributed by atoms with Crippen molar-refractivity contribution in [2.24, 2.45) is 5.92 Å². The summed E-state index contributed by atoms with van der Waals surface area (Å²) in [6.45, 7) is 3.79. The third kappa shape index (κ3) is 4.40. The third-order valence-corrected chi connectivity index (χ3v) is 4.61. The third-order valence-electron chi connectivity index (χ3n) is 3.74. The summed E-state index contributed by atoms with van der Waals surface area (Å²) in [5, 5.41) is 15.5. The molecule has 0 aliphatic carbocycles. The van der Waals surface area contributed by atoms with Crippen molar-refractivity contribution in [3.63, 3.8) is 0 Å². The van der Waals surface area contributed by atoms with E-state index in [1.165, 1.54) is 16.2 Å². The molecule has 2 aromatic heterocycles. The molecule has 1 N–H and O–H groups in total. The maximum absolute atomic E-state index is 12.9. The Hall–Kier alpha value is -3.00. The first-order valence-electron chi connectivity index (χ1n) is 8.53. The second kappa shape index (κ2) is 8.13. The molecule has 3 aromatic rings. The monoisotopic (exact) mass is 384 g/mol. The van der Waals surface area contributed by atoms with E-state index in [0.717, 1.165) is 10.6 Å². The van der Waals surface area contributed by atoms with Gasteiger partial charge in [-0.25, -0.2) is 9.67 Å². The fourth-order valence-electron chi connectivity index (χ4n) is 2.68. The van der Waals surface area contributed by atoms with Crippen molar-refractivity contribution in [1.29, 1.82) is 0 Å². The number of carboxylic acids is 1. The number of aromatic nitrogens is 3. The Morgan fingerprint density at radius 3 is 2.52 bits per heavy atom. The SMILES string of the molecule is CC(C)CN(CC(=O)O)C(=O)c1nc(-c2cccs2)n(-c2ccccc2)n1. The van der Waals surface area contributed by atoms with Crippen molar-refractivity contribution in [1.82, 2.24) is 19.7 Å². The van der Waals surface area contributed by atoms with Crippen LogP contribution in [0.3, 0.4) is 0 Å². The number of hydrogen-bond donors (Lipinski definition) is 1. The van der Waals surface area contributed by atoms with Crippen LogP contribution in [0.1, 0.15) is 24.5 Å². The Labute approximate surface area is 160 Å². The number of carbonyl (C=O) groups is 2.